The van der Waals surface area contributed by atoms with Gasteiger partial charge in [0.05, 0.1) is 6.20 Å². The van der Waals surface area contributed by atoms with Gasteiger partial charge >= 0.3 is 5.97 Å². The van der Waals surface area contributed by atoms with Crippen LogP contribution >= 0.6 is 0 Å². The average Bonchev–Trinajstić information content (AvgIpc) is 2.77. The molecule has 1 aromatic rings. The summed E-state index contributed by atoms with van der Waals surface area (Å²) < 4.78 is 0. The van der Waals surface area contributed by atoms with E-state index in [4.69, 9.17) is 5.11 Å². The number of nitrogens with one attached hydrogen (secondary N) is 2. The Kier molecular flexibility index (Phi) is 3.98. The second-order valence-corrected chi connectivity index (χ2v) is 3.53. The molecule has 1 amide bonds. The Hall–Kier alpha value is -1.92. The monoisotopic (exact) mass is 226 g/mol. The van der Waals surface area contributed by atoms with Gasteiger partial charge in [0.2, 0.25) is 0 Å². The molecule has 0 saturated carbocycles. The molecule has 1 aromatic heterocycles. The molecular weight excluding hydrogens is 212 g/mol. The first-order valence-corrected chi connectivity index (χ1v) is 4.95. The van der Waals surface area contributed by atoms with Crippen LogP contribution in [0.15, 0.2) is 6.20 Å². The maximum atomic E-state index is 11.5. The fourth-order valence-electron chi connectivity index (χ4n) is 1.21. The molecule has 0 saturated heterocycles. The van der Waals surface area contributed by atoms with E-state index in [1.54, 1.807) is 6.92 Å². The first kappa shape index (κ1) is 12.2. The number of H-pyrrole nitrogens is 1. The van der Waals surface area contributed by atoms with Gasteiger partial charge in [-0.05, 0) is 5.92 Å². The van der Waals surface area contributed by atoms with Gasteiger partial charge in [0.25, 0.3) is 5.91 Å². The van der Waals surface area contributed by atoms with Gasteiger partial charge in [-0.15, -0.1) is 0 Å². The first-order chi connectivity index (χ1) is 7.56. The van der Waals surface area contributed by atoms with Crippen LogP contribution in [0.5, 0.6) is 0 Å². The molecule has 0 aliphatic heterocycles. The summed E-state index contributed by atoms with van der Waals surface area (Å²) in [5, 5.41) is 20.7. The minimum atomic E-state index is -1.05. The average molecular weight is 226 g/mol. The van der Waals surface area contributed by atoms with Crippen molar-refractivity contribution in [3.05, 3.63) is 11.9 Å². The third-order valence-corrected chi connectivity index (χ3v) is 2.41. The van der Waals surface area contributed by atoms with E-state index < -0.39 is 17.9 Å². The highest BCUT2D eigenvalue weighted by Crippen LogP contribution is 2.08. The summed E-state index contributed by atoms with van der Waals surface area (Å²) >= 11 is 0. The summed E-state index contributed by atoms with van der Waals surface area (Å²) in [7, 11) is 0. The van der Waals surface area contributed by atoms with Crippen LogP contribution in [-0.4, -0.2) is 38.4 Å². The molecule has 3 N–H and O–H groups in total. The molecule has 7 nitrogen and oxygen atoms in total. The number of aromatic nitrogens is 3. The lowest BCUT2D eigenvalue weighted by Gasteiger charge is -2.19. The lowest BCUT2D eigenvalue weighted by Crippen LogP contribution is -2.45. The molecule has 16 heavy (non-hydrogen) atoms. The van der Waals surface area contributed by atoms with E-state index in [1.165, 1.54) is 6.20 Å². The number of aliphatic carboxylic acids is 1. The second kappa shape index (κ2) is 5.24. The number of hydrogen-bond donors (Lipinski definition) is 3. The van der Waals surface area contributed by atoms with E-state index in [0.717, 1.165) is 0 Å². The Labute approximate surface area is 92.2 Å². The van der Waals surface area contributed by atoms with Crippen LogP contribution in [0, 0.1) is 5.92 Å². The summed E-state index contributed by atoms with van der Waals surface area (Å²) in [5.41, 5.74) is 0.0783. The van der Waals surface area contributed by atoms with Crippen molar-refractivity contribution < 1.29 is 14.7 Å². The molecule has 2 atom stereocenters. The Morgan fingerprint density at radius 1 is 1.62 bits per heavy atom. The maximum Gasteiger partial charge on any atom is 0.326 e. The number of carboxylic acid groups (broad SMARTS) is 1. The van der Waals surface area contributed by atoms with Crippen molar-refractivity contribution in [1.82, 2.24) is 20.7 Å². The van der Waals surface area contributed by atoms with Crippen molar-refractivity contribution in [3.8, 4) is 0 Å². The number of carbonyl (C=O) groups excluding carboxylic acids is 1. The van der Waals surface area contributed by atoms with Crippen molar-refractivity contribution in [2.75, 3.05) is 0 Å². The second-order valence-electron chi connectivity index (χ2n) is 3.53. The number of nitrogens with zero attached hydrogens (tertiary/aromatic N) is 2. The van der Waals surface area contributed by atoms with E-state index in [0.29, 0.717) is 6.42 Å². The smallest absolute Gasteiger partial charge is 0.326 e. The molecule has 0 spiro atoms. The number of carbonyl (C=O) groups is 2. The highest BCUT2D eigenvalue weighted by molar-refractivity contribution is 5.94. The number of rotatable bonds is 5. The van der Waals surface area contributed by atoms with Gasteiger partial charge in [-0.3, -0.25) is 4.79 Å². The zero-order valence-electron chi connectivity index (χ0n) is 9.10. The minimum absolute atomic E-state index is 0.0783. The number of amides is 1. The predicted molar refractivity (Wildman–Crippen MR) is 54.7 cm³/mol. The topological polar surface area (TPSA) is 108 Å². The molecule has 0 fully saturated rings. The fraction of sp³-hybridized carbons (Fsp3) is 0.556. The molecule has 0 radical (unpaired) electrons. The van der Waals surface area contributed by atoms with Gasteiger partial charge in [0, 0.05) is 0 Å². The number of hydrogen-bond acceptors (Lipinski definition) is 4. The molecule has 0 aliphatic carbocycles. The SMILES string of the molecule is CCC(C)[C@H](NC(=O)c1cn[nH]n1)C(=O)O. The molecule has 0 aliphatic rings. The maximum absolute atomic E-state index is 11.5. The minimum Gasteiger partial charge on any atom is -0.480 e. The van der Waals surface area contributed by atoms with E-state index in [2.05, 4.69) is 20.7 Å². The lowest BCUT2D eigenvalue weighted by atomic mass is 9.99. The Morgan fingerprint density at radius 2 is 2.31 bits per heavy atom. The van der Waals surface area contributed by atoms with E-state index >= 15 is 0 Å². The summed E-state index contributed by atoms with van der Waals surface area (Å²) in [4.78, 5) is 22.5. The van der Waals surface area contributed by atoms with Gasteiger partial charge < -0.3 is 10.4 Å². The Morgan fingerprint density at radius 3 is 2.75 bits per heavy atom. The zero-order chi connectivity index (χ0) is 12.1. The van der Waals surface area contributed by atoms with Crippen LogP contribution in [0.2, 0.25) is 0 Å². The Balaban J connectivity index is 2.69. The predicted octanol–water partition coefficient (Wildman–Crippen LogP) is 0.0338. The third-order valence-electron chi connectivity index (χ3n) is 2.41. The summed E-state index contributed by atoms with van der Waals surface area (Å²) in [6, 6.07) is -0.908. The van der Waals surface area contributed by atoms with Crippen molar-refractivity contribution in [2.45, 2.75) is 26.3 Å². The molecule has 7 heteroatoms. The van der Waals surface area contributed by atoms with Gasteiger partial charge in [0.15, 0.2) is 5.69 Å². The van der Waals surface area contributed by atoms with Crippen LogP contribution in [0.3, 0.4) is 0 Å². The van der Waals surface area contributed by atoms with Crippen molar-refractivity contribution in [2.24, 2.45) is 5.92 Å². The summed E-state index contributed by atoms with van der Waals surface area (Å²) in [6.07, 6.45) is 1.90. The summed E-state index contributed by atoms with van der Waals surface area (Å²) in [6.45, 7) is 3.63. The van der Waals surface area contributed by atoms with Crippen LogP contribution < -0.4 is 5.32 Å². The van der Waals surface area contributed by atoms with E-state index in [9.17, 15) is 9.59 Å². The molecule has 0 bridgehead atoms. The highest BCUT2D eigenvalue weighted by atomic mass is 16.4. The molecule has 0 aromatic carbocycles. The van der Waals surface area contributed by atoms with Gasteiger partial charge in [-0.2, -0.15) is 15.4 Å². The van der Waals surface area contributed by atoms with Crippen LogP contribution in [0.25, 0.3) is 0 Å². The van der Waals surface area contributed by atoms with Crippen molar-refractivity contribution in [3.63, 3.8) is 0 Å². The molecule has 1 heterocycles. The largest absolute Gasteiger partial charge is 0.480 e. The molecule has 88 valence electrons. The number of aromatic amines is 1. The van der Waals surface area contributed by atoms with Gasteiger partial charge in [0.1, 0.15) is 6.04 Å². The lowest BCUT2D eigenvalue weighted by molar-refractivity contribution is -0.140. The normalized spacial score (nSPS) is 14.1. The Bertz CT molecular complexity index is 363. The van der Waals surface area contributed by atoms with E-state index in [-0.39, 0.29) is 11.6 Å². The molecule has 1 unspecified atom stereocenters. The quantitative estimate of drug-likeness (QED) is 0.656. The summed E-state index contributed by atoms with van der Waals surface area (Å²) in [5.74, 6) is -1.74. The number of carboxylic acids is 1. The van der Waals surface area contributed by atoms with Crippen molar-refractivity contribution >= 4 is 11.9 Å². The third kappa shape index (κ3) is 2.78. The van der Waals surface area contributed by atoms with Gasteiger partial charge in [-0.25, -0.2) is 4.79 Å². The first-order valence-electron chi connectivity index (χ1n) is 4.95. The highest BCUT2D eigenvalue weighted by Gasteiger charge is 2.26. The van der Waals surface area contributed by atoms with E-state index in [1.807, 2.05) is 6.92 Å². The molecule has 1 rings (SSSR count). The van der Waals surface area contributed by atoms with Gasteiger partial charge in [-0.1, -0.05) is 20.3 Å². The fourth-order valence-corrected chi connectivity index (χ4v) is 1.21. The van der Waals surface area contributed by atoms with Crippen molar-refractivity contribution in [1.29, 1.82) is 0 Å². The standard InChI is InChI=1S/C9H14N4O3/c1-3-5(2)7(9(15)16)11-8(14)6-4-10-13-12-6/h4-5,7H,3H2,1-2H3,(H,11,14)(H,15,16)(H,10,12,13)/t5?,7-/m0/s1. The van der Waals surface area contributed by atoms with Crippen LogP contribution in [0.1, 0.15) is 30.8 Å². The zero-order valence-corrected chi connectivity index (χ0v) is 9.10. The van der Waals surface area contributed by atoms with Crippen LogP contribution in [-0.2, 0) is 4.79 Å². The molecular formula is C9H14N4O3. The van der Waals surface area contributed by atoms with Crippen LogP contribution in [0.4, 0.5) is 0 Å².